The van der Waals surface area contributed by atoms with Crippen LogP contribution in [-0.4, -0.2) is 10.9 Å². The number of pyridine rings is 1. The first-order valence-electron chi connectivity index (χ1n) is 6.34. The number of amides is 1. The van der Waals surface area contributed by atoms with Gasteiger partial charge in [-0.3, -0.25) is 15.6 Å². The number of nitrogens with zero attached hydrogens (tertiary/aromatic N) is 1. The molecule has 1 heterocycles. The molecule has 1 saturated carbocycles. The average Bonchev–Trinajstić information content (AvgIpc) is 3.28. The van der Waals surface area contributed by atoms with Gasteiger partial charge < -0.3 is 0 Å². The van der Waals surface area contributed by atoms with Crippen LogP contribution in [0.15, 0.2) is 54.7 Å². The van der Waals surface area contributed by atoms with Gasteiger partial charge in [-0.1, -0.05) is 36.4 Å². The minimum Gasteiger partial charge on any atom is -0.282 e. The van der Waals surface area contributed by atoms with Gasteiger partial charge in [0.25, 0.3) is 0 Å². The Kier molecular flexibility index (Phi) is 2.91. The number of carbonyl (C=O) groups excluding carboxylic acids is 1. The SMILES string of the molecule is O=C(NNc1ccccn1)C1(c2ccccc2)CC1. The fourth-order valence-electron chi connectivity index (χ4n) is 2.21. The third-order valence-electron chi connectivity index (χ3n) is 3.48. The van der Waals surface area contributed by atoms with E-state index < -0.39 is 0 Å². The molecule has 0 spiro atoms. The third kappa shape index (κ3) is 2.29. The Bertz CT molecular complexity index is 564. The molecule has 0 saturated heterocycles. The summed E-state index contributed by atoms with van der Waals surface area (Å²) < 4.78 is 0. The number of anilines is 1. The second-order valence-corrected chi connectivity index (χ2v) is 4.74. The Labute approximate surface area is 111 Å². The largest absolute Gasteiger partial charge is 0.282 e. The van der Waals surface area contributed by atoms with Crippen LogP contribution in [-0.2, 0) is 10.2 Å². The van der Waals surface area contributed by atoms with Gasteiger partial charge in [-0.05, 0) is 30.5 Å². The summed E-state index contributed by atoms with van der Waals surface area (Å²) in [7, 11) is 0. The normalized spacial score (nSPS) is 15.6. The summed E-state index contributed by atoms with van der Waals surface area (Å²) in [5.74, 6) is 0.643. The van der Waals surface area contributed by atoms with E-state index in [1.165, 1.54) is 0 Å². The Morgan fingerprint density at radius 1 is 1.05 bits per heavy atom. The number of aromatic nitrogens is 1. The molecule has 1 fully saturated rings. The summed E-state index contributed by atoms with van der Waals surface area (Å²) in [6.45, 7) is 0. The zero-order valence-corrected chi connectivity index (χ0v) is 10.5. The topological polar surface area (TPSA) is 54.0 Å². The number of hydrazine groups is 1. The molecule has 1 aliphatic carbocycles. The molecule has 0 bridgehead atoms. The maximum Gasteiger partial charge on any atom is 0.248 e. The third-order valence-corrected chi connectivity index (χ3v) is 3.48. The number of hydrogen-bond acceptors (Lipinski definition) is 3. The maximum absolute atomic E-state index is 12.3. The van der Waals surface area contributed by atoms with Crippen molar-refractivity contribution in [3.05, 3.63) is 60.3 Å². The van der Waals surface area contributed by atoms with E-state index in [1.807, 2.05) is 48.5 Å². The molecule has 0 atom stereocenters. The fraction of sp³-hybridized carbons (Fsp3) is 0.200. The summed E-state index contributed by atoms with van der Waals surface area (Å²) in [5.41, 5.74) is 6.32. The summed E-state index contributed by atoms with van der Waals surface area (Å²) in [6.07, 6.45) is 3.47. The van der Waals surface area contributed by atoms with E-state index in [4.69, 9.17) is 0 Å². The highest BCUT2D eigenvalue weighted by molar-refractivity contribution is 5.91. The van der Waals surface area contributed by atoms with Crippen molar-refractivity contribution in [2.45, 2.75) is 18.3 Å². The lowest BCUT2D eigenvalue weighted by Gasteiger charge is -2.16. The van der Waals surface area contributed by atoms with Crippen LogP contribution in [0.3, 0.4) is 0 Å². The fourth-order valence-corrected chi connectivity index (χ4v) is 2.21. The standard InChI is InChI=1S/C15H15N3O/c19-14(18-17-13-8-4-5-11-16-13)15(9-10-15)12-6-2-1-3-7-12/h1-8,11H,9-10H2,(H,16,17)(H,18,19). The van der Waals surface area contributed by atoms with Crippen molar-refractivity contribution in [3.63, 3.8) is 0 Å². The lowest BCUT2D eigenvalue weighted by atomic mass is 9.95. The Balaban J connectivity index is 1.68. The van der Waals surface area contributed by atoms with Crippen LogP contribution in [0.2, 0.25) is 0 Å². The van der Waals surface area contributed by atoms with E-state index in [-0.39, 0.29) is 11.3 Å². The van der Waals surface area contributed by atoms with Crippen LogP contribution in [0.1, 0.15) is 18.4 Å². The number of hydrogen-bond donors (Lipinski definition) is 2. The first kappa shape index (κ1) is 11.7. The van der Waals surface area contributed by atoms with Crippen LogP contribution in [0.25, 0.3) is 0 Å². The molecule has 1 aromatic carbocycles. The van der Waals surface area contributed by atoms with Crippen LogP contribution < -0.4 is 10.9 Å². The molecule has 4 nitrogen and oxygen atoms in total. The quantitative estimate of drug-likeness (QED) is 0.822. The lowest BCUT2D eigenvalue weighted by Crippen LogP contribution is -2.38. The molecule has 2 aromatic rings. The first-order chi connectivity index (χ1) is 9.31. The van der Waals surface area contributed by atoms with Gasteiger partial charge in [0.1, 0.15) is 5.82 Å². The molecular formula is C15H15N3O. The summed E-state index contributed by atoms with van der Waals surface area (Å²) in [6, 6.07) is 15.4. The van der Waals surface area contributed by atoms with E-state index in [0.717, 1.165) is 18.4 Å². The van der Waals surface area contributed by atoms with Gasteiger partial charge in [0.05, 0.1) is 5.41 Å². The summed E-state index contributed by atoms with van der Waals surface area (Å²) in [4.78, 5) is 16.4. The van der Waals surface area contributed by atoms with Crippen LogP contribution in [0, 0.1) is 0 Å². The smallest absolute Gasteiger partial charge is 0.248 e. The first-order valence-corrected chi connectivity index (χ1v) is 6.34. The van der Waals surface area contributed by atoms with E-state index in [1.54, 1.807) is 6.20 Å². The molecule has 2 N–H and O–H groups in total. The molecule has 0 unspecified atom stereocenters. The molecule has 1 amide bonds. The highest BCUT2D eigenvalue weighted by atomic mass is 16.2. The molecule has 0 aliphatic heterocycles. The predicted octanol–water partition coefficient (Wildman–Crippen LogP) is 2.26. The second kappa shape index (κ2) is 4.72. The monoisotopic (exact) mass is 253 g/mol. The number of carbonyl (C=O) groups is 1. The average molecular weight is 253 g/mol. The zero-order valence-electron chi connectivity index (χ0n) is 10.5. The van der Waals surface area contributed by atoms with Crippen LogP contribution >= 0.6 is 0 Å². The molecule has 3 rings (SSSR count). The van der Waals surface area contributed by atoms with Crippen LogP contribution in [0.5, 0.6) is 0 Å². The molecule has 0 radical (unpaired) electrons. The highest BCUT2D eigenvalue weighted by Crippen LogP contribution is 2.48. The molecule has 96 valence electrons. The van der Waals surface area contributed by atoms with Gasteiger partial charge in [0.2, 0.25) is 5.91 Å². The molecule has 4 heteroatoms. The predicted molar refractivity (Wildman–Crippen MR) is 73.4 cm³/mol. The minimum absolute atomic E-state index is 0.00403. The Morgan fingerprint density at radius 2 is 1.79 bits per heavy atom. The zero-order chi connectivity index (χ0) is 13.1. The van der Waals surface area contributed by atoms with Gasteiger partial charge >= 0.3 is 0 Å². The van der Waals surface area contributed by atoms with E-state index >= 15 is 0 Å². The van der Waals surface area contributed by atoms with Gasteiger partial charge in [0.15, 0.2) is 0 Å². The van der Waals surface area contributed by atoms with Gasteiger partial charge in [0, 0.05) is 6.20 Å². The number of benzene rings is 1. The minimum atomic E-state index is -0.358. The molecule has 1 aromatic heterocycles. The van der Waals surface area contributed by atoms with Gasteiger partial charge in [-0.15, -0.1) is 0 Å². The van der Waals surface area contributed by atoms with Crippen molar-refractivity contribution in [1.29, 1.82) is 0 Å². The van der Waals surface area contributed by atoms with Crippen molar-refractivity contribution in [3.8, 4) is 0 Å². The Morgan fingerprint density at radius 3 is 2.42 bits per heavy atom. The van der Waals surface area contributed by atoms with Crippen molar-refractivity contribution in [2.24, 2.45) is 0 Å². The Hall–Kier alpha value is -2.36. The number of rotatable bonds is 4. The summed E-state index contributed by atoms with van der Waals surface area (Å²) >= 11 is 0. The highest BCUT2D eigenvalue weighted by Gasteiger charge is 2.51. The van der Waals surface area contributed by atoms with Gasteiger partial charge in [-0.2, -0.15) is 0 Å². The van der Waals surface area contributed by atoms with Crippen molar-refractivity contribution >= 4 is 11.7 Å². The summed E-state index contributed by atoms with van der Waals surface area (Å²) in [5, 5.41) is 0. The maximum atomic E-state index is 12.3. The van der Waals surface area contributed by atoms with Crippen molar-refractivity contribution in [1.82, 2.24) is 10.4 Å². The molecular weight excluding hydrogens is 238 g/mol. The van der Waals surface area contributed by atoms with E-state index in [0.29, 0.717) is 5.82 Å². The molecule has 19 heavy (non-hydrogen) atoms. The van der Waals surface area contributed by atoms with E-state index in [9.17, 15) is 4.79 Å². The van der Waals surface area contributed by atoms with Gasteiger partial charge in [-0.25, -0.2) is 4.98 Å². The van der Waals surface area contributed by atoms with E-state index in [2.05, 4.69) is 15.8 Å². The molecule has 1 aliphatic rings. The van der Waals surface area contributed by atoms with Crippen molar-refractivity contribution < 1.29 is 4.79 Å². The van der Waals surface area contributed by atoms with Crippen LogP contribution in [0.4, 0.5) is 5.82 Å². The lowest BCUT2D eigenvalue weighted by molar-refractivity contribution is -0.123. The van der Waals surface area contributed by atoms with Crippen molar-refractivity contribution in [2.75, 3.05) is 5.43 Å². The number of nitrogens with one attached hydrogen (secondary N) is 2. The second-order valence-electron chi connectivity index (χ2n) is 4.74.